The van der Waals surface area contributed by atoms with Gasteiger partial charge >= 0.3 is 5.97 Å². The molecule has 4 rings (SSSR count). The lowest BCUT2D eigenvalue weighted by Crippen LogP contribution is -2.37. The SMILES string of the molecule is COc1cccc(-c2noc(COC(=O)[C@H]3COc4ccccc4O3)n2)c1. The molecule has 1 aliphatic rings. The van der Waals surface area contributed by atoms with Gasteiger partial charge in [0.2, 0.25) is 11.9 Å². The first-order valence-corrected chi connectivity index (χ1v) is 8.25. The molecule has 1 atom stereocenters. The first-order valence-electron chi connectivity index (χ1n) is 8.25. The maximum absolute atomic E-state index is 12.2. The summed E-state index contributed by atoms with van der Waals surface area (Å²) in [4.78, 5) is 16.4. The molecule has 2 aromatic carbocycles. The Bertz CT molecular complexity index is 955. The van der Waals surface area contributed by atoms with Crippen LogP contribution in [-0.2, 0) is 16.1 Å². The Hall–Kier alpha value is -3.55. The Labute approximate surface area is 154 Å². The minimum absolute atomic E-state index is 0.0781. The summed E-state index contributed by atoms with van der Waals surface area (Å²) in [6.45, 7) is -0.0773. The number of aromatic nitrogens is 2. The molecule has 27 heavy (non-hydrogen) atoms. The molecule has 0 amide bonds. The van der Waals surface area contributed by atoms with E-state index < -0.39 is 12.1 Å². The highest BCUT2D eigenvalue weighted by Crippen LogP contribution is 2.31. The van der Waals surface area contributed by atoms with E-state index in [4.69, 9.17) is 23.5 Å². The molecule has 0 fully saturated rings. The summed E-state index contributed by atoms with van der Waals surface area (Å²) in [6, 6.07) is 14.4. The predicted molar refractivity (Wildman–Crippen MR) is 92.4 cm³/mol. The van der Waals surface area contributed by atoms with E-state index in [2.05, 4.69) is 10.1 Å². The van der Waals surface area contributed by atoms with Crippen molar-refractivity contribution in [1.29, 1.82) is 0 Å². The molecule has 2 heterocycles. The van der Waals surface area contributed by atoms with Gasteiger partial charge in [-0.2, -0.15) is 4.98 Å². The summed E-state index contributed by atoms with van der Waals surface area (Å²) in [5, 5.41) is 3.89. The van der Waals surface area contributed by atoms with Gasteiger partial charge in [-0.25, -0.2) is 4.79 Å². The van der Waals surface area contributed by atoms with Crippen LogP contribution < -0.4 is 14.2 Å². The van der Waals surface area contributed by atoms with Gasteiger partial charge in [-0.15, -0.1) is 0 Å². The molecular formula is C19H16N2O6. The molecule has 0 aliphatic carbocycles. The van der Waals surface area contributed by atoms with Crippen LogP contribution in [0.15, 0.2) is 53.1 Å². The lowest BCUT2D eigenvalue weighted by atomic mass is 10.2. The zero-order chi connectivity index (χ0) is 18.6. The van der Waals surface area contributed by atoms with E-state index in [9.17, 15) is 4.79 Å². The molecule has 3 aromatic rings. The lowest BCUT2D eigenvalue weighted by molar-refractivity contribution is -0.156. The van der Waals surface area contributed by atoms with E-state index >= 15 is 0 Å². The van der Waals surface area contributed by atoms with Crippen molar-refractivity contribution >= 4 is 5.97 Å². The van der Waals surface area contributed by atoms with E-state index in [0.717, 1.165) is 5.56 Å². The second-order valence-electron chi connectivity index (χ2n) is 5.72. The minimum Gasteiger partial charge on any atom is -0.497 e. The molecule has 0 N–H and O–H groups in total. The predicted octanol–water partition coefficient (Wildman–Crippen LogP) is 2.63. The number of hydrogen-bond donors (Lipinski definition) is 0. The summed E-state index contributed by atoms with van der Waals surface area (Å²) in [6.07, 6.45) is -0.847. The highest BCUT2D eigenvalue weighted by atomic mass is 16.6. The molecule has 0 saturated heterocycles. The third kappa shape index (κ3) is 3.69. The first kappa shape index (κ1) is 16.9. The minimum atomic E-state index is -0.847. The molecule has 138 valence electrons. The summed E-state index contributed by atoms with van der Waals surface area (Å²) in [5.41, 5.74) is 0.733. The van der Waals surface area contributed by atoms with E-state index in [1.54, 1.807) is 31.4 Å². The first-order chi connectivity index (χ1) is 13.2. The Balaban J connectivity index is 1.37. The van der Waals surface area contributed by atoms with Crippen molar-refractivity contribution in [3.63, 3.8) is 0 Å². The average molecular weight is 368 g/mol. The summed E-state index contributed by atoms with van der Waals surface area (Å²) in [7, 11) is 1.58. The van der Waals surface area contributed by atoms with Gasteiger partial charge in [0.25, 0.3) is 5.89 Å². The van der Waals surface area contributed by atoms with Crippen LogP contribution in [-0.4, -0.2) is 35.9 Å². The number of para-hydroxylation sites is 2. The number of carbonyl (C=O) groups excluding carboxylic acids is 1. The average Bonchev–Trinajstić information content (AvgIpc) is 3.21. The van der Waals surface area contributed by atoms with Crippen molar-refractivity contribution in [2.45, 2.75) is 12.7 Å². The highest BCUT2D eigenvalue weighted by Gasteiger charge is 2.29. The number of carbonyl (C=O) groups is 1. The van der Waals surface area contributed by atoms with E-state index in [1.165, 1.54) is 0 Å². The third-order valence-electron chi connectivity index (χ3n) is 3.91. The third-order valence-corrected chi connectivity index (χ3v) is 3.91. The Kier molecular flexibility index (Phi) is 4.61. The smallest absolute Gasteiger partial charge is 0.351 e. The Morgan fingerprint density at radius 3 is 2.89 bits per heavy atom. The van der Waals surface area contributed by atoms with Crippen LogP contribution in [0.25, 0.3) is 11.4 Å². The van der Waals surface area contributed by atoms with Gasteiger partial charge < -0.3 is 23.5 Å². The van der Waals surface area contributed by atoms with Gasteiger partial charge in [-0.3, -0.25) is 0 Å². The largest absolute Gasteiger partial charge is 0.497 e. The van der Waals surface area contributed by atoms with Crippen molar-refractivity contribution < 1.29 is 28.3 Å². The second kappa shape index (κ2) is 7.36. The lowest BCUT2D eigenvalue weighted by Gasteiger charge is -2.24. The quantitative estimate of drug-likeness (QED) is 0.635. The van der Waals surface area contributed by atoms with Gasteiger partial charge in [0, 0.05) is 5.56 Å². The molecule has 0 radical (unpaired) electrons. The number of nitrogens with zero attached hydrogens (tertiary/aromatic N) is 2. The van der Waals surface area contributed by atoms with Crippen molar-refractivity contribution in [3.8, 4) is 28.6 Å². The van der Waals surface area contributed by atoms with Crippen LogP contribution >= 0.6 is 0 Å². The maximum atomic E-state index is 12.2. The maximum Gasteiger partial charge on any atom is 0.351 e. The molecule has 0 spiro atoms. The van der Waals surface area contributed by atoms with Gasteiger partial charge in [0.15, 0.2) is 18.1 Å². The zero-order valence-corrected chi connectivity index (χ0v) is 14.5. The van der Waals surface area contributed by atoms with Gasteiger partial charge in [0.1, 0.15) is 12.4 Å². The van der Waals surface area contributed by atoms with Gasteiger partial charge in [0.05, 0.1) is 7.11 Å². The van der Waals surface area contributed by atoms with Crippen LogP contribution in [0.3, 0.4) is 0 Å². The molecule has 0 bridgehead atoms. The van der Waals surface area contributed by atoms with E-state index in [0.29, 0.717) is 23.1 Å². The van der Waals surface area contributed by atoms with Gasteiger partial charge in [-0.05, 0) is 24.3 Å². The number of ether oxygens (including phenoxy) is 4. The fourth-order valence-corrected chi connectivity index (χ4v) is 2.55. The van der Waals surface area contributed by atoms with Gasteiger partial charge in [-0.1, -0.05) is 29.4 Å². The fourth-order valence-electron chi connectivity index (χ4n) is 2.55. The van der Waals surface area contributed by atoms with Crippen molar-refractivity contribution in [2.75, 3.05) is 13.7 Å². The molecule has 0 saturated carbocycles. The number of benzene rings is 2. The number of rotatable bonds is 5. The standard InChI is InChI=1S/C19H16N2O6/c1-23-13-6-4-5-12(9-13)18-20-17(27-21-18)11-25-19(22)16-10-24-14-7-2-3-8-15(14)26-16/h2-9,16H,10-11H2,1H3/t16-/m1/s1. The van der Waals surface area contributed by atoms with Crippen molar-refractivity contribution in [2.24, 2.45) is 0 Å². The van der Waals surface area contributed by atoms with Crippen LogP contribution in [0.1, 0.15) is 5.89 Å². The zero-order valence-electron chi connectivity index (χ0n) is 14.5. The second-order valence-corrected chi connectivity index (χ2v) is 5.72. The molecule has 1 aromatic heterocycles. The number of methoxy groups -OCH3 is 1. The molecule has 8 nitrogen and oxygen atoms in total. The van der Waals surface area contributed by atoms with Crippen LogP contribution in [0, 0.1) is 0 Å². The number of fused-ring (bicyclic) bond motifs is 1. The molecule has 8 heteroatoms. The number of esters is 1. The monoisotopic (exact) mass is 368 g/mol. The summed E-state index contributed by atoms with van der Waals surface area (Å²) in [5.74, 6) is 1.78. The topological polar surface area (TPSA) is 92.9 Å². The number of hydrogen-bond acceptors (Lipinski definition) is 8. The normalized spacial score (nSPS) is 15.2. The molecule has 1 aliphatic heterocycles. The molecular weight excluding hydrogens is 352 g/mol. The summed E-state index contributed by atoms with van der Waals surface area (Å²) < 4.78 is 26.6. The summed E-state index contributed by atoms with van der Waals surface area (Å²) >= 11 is 0. The molecule has 0 unspecified atom stereocenters. The van der Waals surface area contributed by atoms with Crippen molar-refractivity contribution in [3.05, 3.63) is 54.4 Å². The fraction of sp³-hybridized carbons (Fsp3) is 0.211. The van der Waals surface area contributed by atoms with Crippen LogP contribution in [0.5, 0.6) is 17.2 Å². The van der Waals surface area contributed by atoms with Crippen LogP contribution in [0.4, 0.5) is 0 Å². The van der Waals surface area contributed by atoms with E-state index in [1.807, 2.05) is 24.3 Å². The Morgan fingerprint density at radius 1 is 1.19 bits per heavy atom. The Morgan fingerprint density at radius 2 is 2.04 bits per heavy atom. The highest BCUT2D eigenvalue weighted by molar-refractivity contribution is 5.76. The van der Waals surface area contributed by atoms with E-state index in [-0.39, 0.29) is 19.1 Å². The van der Waals surface area contributed by atoms with Crippen LogP contribution in [0.2, 0.25) is 0 Å². The van der Waals surface area contributed by atoms with Crippen molar-refractivity contribution in [1.82, 2.24) is 10.1 Å².